The first-order valence-corrected chi connectivity index (χ1v) is 11.5. The van der Waals surface area contributed by atoms with E-state index in [-0.39, 0.29) is 6.61 Å². The summed E-state index contributed by atoms with van der Waals surface area (Å²) in [5.74, 6) is -2.78. The van der Waals surface area contributed by atoms with E-state index in [1.807, 2.05) is 0 Å². The van der Waals surface area contributed by atoms with Gasteiger partial charge in [0.05, 0.1) is 45.7 Å². The lowest BCUT2D eigenvalue weighted by molar-refractivity contribution is -0.430. The van der Waals surface area contributed by atoms with Gasteiger partial charge in [0.15, 0.2) is 11.9 Å². The lowest BCUT2D eigenvalue weighted by Crippen LogP contribution is -2.73. The minimum Gasteiger partial charge on any atom is -0.394 e. The van der Waals surface area contributed by atoms with Crippen molar-refractivity contribution in [2.24, 2.45) is 0 Å². The van der Waals surface area contributed by atoms with Gasteiger partial charge in [0, 0.05) is 6.42 Å². The summed E-state index contributed by atoms with van der Waals surface area (Å²) in [6, 6.07) is 0. The molecule has 13 atom stereocenters. The second-order valence-corrected chi connectivity index (χ2v) is 9.15. The van der Waals surface area contributed by atoms with Gasteiger partial charge in [-0.15, -0.1) is 0 Å². The molecule has 0 amide bonds. The SMILES string of the molecule is OCC(O)COC(CC1CO1)(C(O)CO)[C@@]1(O[C@H]2O[C@H](CO)[C@@H](O)[C@H](O)[C@H]2O)O[C@H](CO)[C@@H](O)[C@@H]1O. The zero-order valence-electron chi connectivity index (χ0n) is 19.3. The van der Waals surface area contributed by atoms with Crippen LogP contribution < -0.4 is 0 Å². The molecule has 3 aliphatic rings. The molecule has 0 saturated carbocycles. The molecule has 3 rings (SSSR count). The molecule has 3 fully saturated rings. The van der Waals surface area contributed by atoms with E-state index in [1.165, 1.54) is 0 Å². The van der Waals surface area contributed by atoms with Gasteiger partial charge in [-0.2, -0.15) is 0 Å². The van der Waals surface area contributed by atoms with Gasteiger partial charge in [0.1, 0.15) is 54.9 Å². The van der Waals surface area contributed by atoms with Crippen LogP contribution in [0.25, 0.3) is 0 Å². The molecule has 0 aromatic heterocycles. The van der Waals surface area contributed by atoms with Crippen LogP contribution in [0.4, 0.5) is 0 Å². The molecule has 3 heterocycles. The highest BCUT2D eigenvalue weighted by atomic mass is 16.8. The molecule has 0 aromatic rings. The average molecular weight is 532 g/mol. The molecule has 16 nitrogen and oxygen atoms in total. The van der Waals surface area contributed by atoms with Crippen molar-refractivity contribution < 1.29 is 79.9 Å². The van der Waals surface area contributed by atoms with Crippen LogP contribution in [-0.4, -0.2) is 175 Å². The van der Waals surface area contributed by atoms with Crippen molar-refractivity contribution >= 4 is 0 Å². The first kappa shape index (κ1) is 29.9. The lowest BCUT2D eigenvalue weighted by Gasteiger charge is -2.53. The molecule has 3 aliphatic heterocycles. The largest absolute Gasteiger partial charge is 0.394 e. The van der Waals surface area contributed by atoms with E-state index >= 15 is 0 Å². The Balaban J connectivity index is 2.12. The zero-order valence-corrected chi connectivity index (χ0v) is 19.3. The van der Waals surface area contributed by atoms with Crippen molar-refractivity contribution in [2.45, 2.75) is 85.1 Å². The molecule has 4 unspecified atom stereocenters. The van der Waals surface area contributed by atoms with Gasteiger partial charge in [-0.25, -0.2) is 0 Å². The third-order valence-corrected chi connectivity index (χ3v) is 6.72. The van der Waals surface area contributed by atoms with E-state index in [9.17, 15) is 56.2 Å². The van der Waals surface area contributed by atoms with Gasteiger partial charge < -0.3 is 79.9 Å². The molecule has 212 valence electrons. The van der Waals surface area contributed by atoms with Gasteiger partial charge in [-0.1, -0.05) is 0 Å². The van der Waals surface area contributed by atoms with Crippen molar-refractivity contribution in [2.75, 3.05) is 39.6 Å². The van der Waals surface area contributed by atoms with Gasteiger partial charge in [0.2, 0.25) is 5.79 Å². The Hall–Kier alpha value is -0.640. The fraction of sp³-hybridized carbons (Fsp3) is 1.00. The van der Waals surface area contributed by atoms with Crippen LogP contribution in [0, 0.1) is 0 Å². The van der Waals surface area contributed by atoms with Crippen molar-refractivity contribution in [1.82, 2.24) is 0 Å². The zero-order chi connectivity index (χ0) is 26.8. The van der Waals surface area contributed by atoms with E-state index in [1.54, 1.807) is 0 Å². The van der Waals surface area contributed by atoms with Crippen molar-refractivity contribution in [3.63, 3.8) is 0 Å². The first-order valence-electron chi connectivity index (χ1n) is 11.5. The third-order valence-electron chi connectivity index (χ3n) is 6.72. The van der Waals surface area contributed by atoms with Crippen molar-refractivity contribution in [1.29, 1.82) is 0 Å². The quantitative estimate of drug-likeness (QED) is 0.0983. The van der Waals surface area contributed by atoms with Gasteiger partial charge in [0.25, 0.3) is 0 Å². The van der Waals surface area contributed by atoms with Gasteiger partial charge in [-0.05, 0) is 0 Å². The second-order valence-electron chi connectivity index (χ2n) is 9.15. The summed E-state index contributed by atoms with van der Waals surface area (Å²) < 4.78 is 27.9. The minimum absolute atomic E-state index is 0.143. The highest BCUT2D eigenvalue weighted by molar-refractivity contribution is 5.14. The molecule has 11 N–H and O–H groups in total. The van der Waals surface area contributed by atoms with Gasteiger partial charge in [-0.3, -0.25) is 0 Å². The van der Waals surface area contributed by atoms with Crippen LogP contribution >= 0.6 is 0 Å². The maximum Gasteiger partial charge on any atom is 0.232 e. The number of rotatable bonds is 13. The predicted molar refractivity (Wildman–Crippen MR) is 111 cm³/mol. The van der Waals surface area contributed by atoms with E-state index in [0.29, 0.717) is 0 Å². The molecule has 3 saturated heterocycles. The van der Waals surface area contributed by atoms with E-state index in [0.717, 1.165) is 0 Å². The molecular formula is C20H36O16. The summed E-state index contributed by atoms with van der Waals surface area (Å²) in [6.07, 6.45) is -19.3. The number of aliphatic hydroxyl groups excluding tert-OH is 11. The van der Waals surface area contributed by atoms with Crippen LogP contribution in [0.3, 0.4) is 0 Å². The smallest absolute Gasteiger partial charge is 0.232 e. The van der Waals surface area contributed by atoms with E-state index in [2.05, 4.69) is 0 Å². The van der Waals surface area contributed by atoms with Crippen LogP contribution in [0.5, 0.6) is 0 Å². The molecule has 0 radical (unpaired) electrons. The molecule has 0 bridgehead atoms. The maximum atomic E-state index is 11.2. The average Bonchev–Trinajstić information content (AvgIpc) is 3.67. The number of epoxide rings is 1. The van der Waals surface area contributed by atoms with Crippen LogP contribution in [0.2, 0.25) is 0 Å². The predicted octanol–water partition coefficient (Wildman–Crippen LogP) is -7.14. The van der Waals surface area contributed by atoms with Gasteiger partial charge >= 0.3 is 0 Å². The lowest BCUT2D eigenvalue weighted by atomic mass is 9.78. The van der Waals surface area contributed by atoms with Crippen molar-refractivity contribution in [3.8, 4) is 0 Å². The number of hydrogen-bond acceptors (Lipinski definition) is 16. The standard InChI is InChI=1S/C20H36O16/c21-2-8(25)6-33-19(12(26)5-24,1-9-7-32-9)20(17(31)14(28)11(4-23)35-20)36-18-16(30)15(29)13(27)10(3-22)34-18/h8-18,21-31H,1-7H2/t8?,9?,10-,11-,12?,13-,14-,15+,16-,17+,18-,19?,20-/m1/s1. The Morgan fingerprint density at radius 2 is 1.50 bits per heavy atom. The summed E-state index contributed by atoms with van der Waals surface area (Å²) in [6.45, 7) is -4.10. The van der Waals surface area contributed by atoms with Crippen LogP contribution in [0.1, 0.15) is 6.42 Å². The highest BCUT2D eigenvalue weighted by Crippen LogP contribution is 2.49. The highest BCUT2D eigenvalue weighted by Gasteiger charge is 2.72. The molecule has 16 heteroatoms. The Bertz CT molecular complexity index is 695. The fourth-order valence-electron chi connectivity index (χ4n) is 4.56. The third kappa shape index (κ3) is 5.41. The monoisotopic (exact) mass is 532 g/mol. The molecule has 0 spiro atoms. The molecule has 0 aliphatic carbocycles. The Morgan fingerprint density at radius 3 is 2.00 bits per heavy atom. The Labute approximate surface area is 205 Å². The van der Waals surface area contributed by atoms with E-state index in [4.69, 9.17) is 23.7 Å². The maximum absolute atomic E-state index is 11.2. The first-order chi connectivity index (χ1) is 17.0. The second kappa shape index (κ2) is 12.0. The molecule has 36 heavy (non-hydrogen) atoms. The number of ether oxygens (including phenoxy) is 5. The molecule has 0 aromatic carbocycles. The number of hydrogen-bond donors (Lipinski definition) is 11. The summed E-state index contributed by atoms with van der Waals surface area (Å²) in [7, 11) is 0. The Kier molecular flexibility index (Phi) is 10.0. The number of aliphatic hydroxyl groups is 11. The Morgan fingerprint density at radius 1 is 0.861 bits per heavy atom. The molecular weight excluding hydrogens is 496 g/mol. The normalized spacial score (nSPS) is 44.2. The summed E-state index contributed by atoms with van der Waals surface area (Å²) in [4.78, 5) is 0. The summed E-state index contributed by atoms with van der Waals surface area (Å²) >= 11 is 0. The topological polar surface area (TPSA) is 272 Å². The van der Waals surface area contributed by atoms with Crippen LogP contribution in [0.15, 0.2) is 0 Å². The van der Waals surface area contributed by atoms with Crippen LogP contribution in [-0.2, 0) is 23.7 Å². The summed E-state index contributed by atoms with van der Waals surface area (Å²) in [5, 5.41) is 112. The van der Waals surface area contributed by atoms with E-state index < -0.39 is 118 Å². The summed E-state index contributed by atoms with van der Waals surface area (Å²) in [5.41, 5.74) is -2.41. The fourth-order valence-corrected chi connectivity index (χ4v) is 4.56. The van der Waals surface area contributed by atoms with Crippen molar-refractivity contribution in [3.05, 3.63) is 0 Å². The minimum atomic E-state index is -2.78.